The zero-order valence-electron chi connectivity index (χ0n) is 5.31. The molecule has 0 aromatic rings. The zero-order valence-corrected chi connectivity index (χ0v) is 5.31. The zero-order chi connectivity index (χ0) is 6.57. The number of hydrogen-bond acceptors (Lipinski definition) is 2. The van der Waals surface area contributed by atoms with Crippen molar-refractivity contribution in [2.75, 3.05) is 0 Å². The van der Waals surface area contributed by atoms with Gasteiger partial charge in [0.05, 0.1) is 0 Å². The number of carbonyl (C=O) groups excluding carboxylic acids is 1. The SMILES string of the molecule is CC[C@H](C)CC(=O)[O-]. The first kappa shape index (κ1) is 7.47. The maximum Gasteiger partial charge on any atom is 0.0416 e. The summed E-state index contributed by atoms with van der Waals surface area (Å²) in [5, 5.41) is 9.86. The molecule has 0 radical (unpaired) electrons. The third-order valence-electron chi connectivity index (χ3n) is 1.21. The third-order valence-corrected chi connectivity index (χ3v) is 1.21. The first-order valence-corrected chi connectivity index (χ1v) is 2.86. The van der Waals surface area contributed by atoms with Crippen molar-refractivity contribution >= 4 is 5.97 Å². The highest BCUT2D eigenvalue weighted by Crippen LogP contribution is 2.03. The van der Waals surface area contributed by atoms with Gasteiger partial charge < -0.3 is 9.90 Å². The number of carbonyl (C=O) groups is 1. The summed E-state index contributed by atoms with van der Waals surface area (Å²) in [5.74, 6) is -0.681. The Morgan fingerprint density at radius 2 is 2.25 bits per heavy atom. The summed E-state index contributed by atoms with van der Waals surface area (Å²) >= 11 is 0. The lowest BCUT2D eigenvalue weighted by atomic mass is 10.1. The molecule has 0 bridgehead atoms. The molecule has 0 saturated carbocycles. The highest BCUT2D eigenvalue weighted by molar-refractivity contribution is 5.64. The van der Waals surface area contributed by atoms with Gasteiger partial charge in [-0.25, -0.2) is 0 Å². The van der Waals surface area contributed by atoms with E-state index in [2.05, 4.69) is 0 Å². The van der Waals surface area contributed by atoms with Gasteiger partial charge >= 0.3 is 0 Å². The lowest BCUT2D eigenvalue weighted by molar-refractivity contribution is -0.306. The van der Waals surface area contributed by atoms with Crippen LogP contribution in [0.1, 0.15) is 26.7 Å². The van der Waals surface area contributed by atoms with Crippen LogP contribution >= 0.6 is 0 Å². The molecule has 0 amide bonds. The molecule has 1 atom stereocenters. The first-order chi connectivity index (χ1) is 3.66. The molecule has 8 heavy (non-hydrogen) atoms. The molecular formula is C6H11O2-. The molecular weight excluding hydrogens is 104 g/mol. The van der Waals surface area contributed by atoms with Crippen LogP contribution in [0.25, 0.3) is 0 Å². The fourth-order valence-corrected chi connectivity index (χ4v) is 0.429. The Morgan fingerprint density at radius 1 is 1.75 bits per heavy atom. The number of hydrogen-bond donors (Lipinski definition) is 0. The van der Waals surface area contributed by atoms with Crippen LogP contribution in [-0.2, 0) is 4.79 Å². The van der Waals surface area contributed by atoms with E-state index in [1.165, 1.54) is 0 Å². The average molecular weight is 115 g/mol. The number of carboxylic acids is 1. The van der Waals surface area contributed by atoms with Gasteiger partial charge in [-0.05, 0) is 12.3 Å². The lowest BCUT2D eigenvalue weighted by Gasteiger charge is -2.06. The second-order valence-corrected chi connectivity index (χ2v) is 2.09. The normalized spacial score (nSPS) is 13.2. The average Bonchev–Trinajstić information content (AvgIpc) is 1.65. The van der Waals surface area contributed by atoms with E-state index in [0.29, 0.717) is 0 Å². The molecule has 0 rings (SSSR count). The maximum absolute atomic E-state index is 9.86. The van der Waals surface area contributed by atoms with E-state index < -0.39 is 5.97 Å². The highest BCUT2D eigenvalue weighted by Gasteiger charge is 1.96. The minimum Gasteiger partial charge on any atom is -0.550 e. The monoisotopic (exact) mass is 115 g/mol. The van der Waals surface area contributed by atoms with Crippen molar-refractivity contribution in [3.63, 3.8) is 0 Å². The van der Waals surface area contributed by atoms with Crippen LogP contribution in [0.2, 0.25) is 0 Å². The number of aliphatic carboxylic acids is 1. The van der Waals surface area contributed by atoms with Crippen LogP contribution in [-0.4, -0.2) is 5.97 Å². The van der Waals surface area contributed by atoms with Gasteiger partial charge in [-0.3, -0.25) is 0 Å². The van der Waals surface area contributed by atoms with E-state index in [1.807, 2.05) is 13.8 Å². The Kier molecular flexibility index (Phi) is 3.24. The van der Waals surface area contributed by atoms with Gasteiger partial charge in [0, 0.05) is 5.97 Å². The molecule has 0 saturated heterocycles. The molecule has 0 N–H and O–H groups in total. The Morgan fingerprint density at radius 3 is 2.38 bits per heavy atom. The van der Waals surface area contributed by atoms with E-state index in [9.17, 15) is 9.90 Å². The summed E-state index contributed by atoms with van der Waals surface area (Å²) in [6.07, 6.45) is 1.10. The Balaban J connectivity index is 3.24. The molecule has 0 aliphatic rings. The highest BCUT2D eigenvalue weighted by atomic mass is 16.4. The van der Waals surface area contributed by atoms with Crippen LogP contribution < -0.4 is 5.11 Å². The van der Waals surface area contributed by atoms with Crippen LogP contribution in [0.3, 0.4) is 0 Å². The molecule has 48 valence electrons. The third kappa shape index (κ3) is 3.65. The molecule has 0 heterocycles. The topological polar surface area (TPSA) is 40.1 Å². The fraction of sp³-hybridized carbons (Fsp3) is 0.833. The van der Waals surface area contributed by atoms with E-state index in [1.54, 1.807) is 0 Å². The van der Waals surface area contributed by atoms with Crippen molar-refractivity contribution in [1.29, 1.82) is 0 Å². The molecule has 0 spiro atoms. The van der Waals surface area contributed by atoms with Gasteiger partial charge in [0.2, 0.25) is 0 Å². The summed E-state index contributed by atoms with van der Waals surface area (Å²) in [4.78, 5) is 9.86. The van der Waals surface area contributed by atoms with Gasteiger partial charge in [-0.15, -0.1) is 0 Å². The van der Waals surface area contributed by atoms with Crippen LogP contribution in [0.15, 0.2) is 0 Å². The smallest absolute Gasteiger partial charge is 0.0416 e. The molecule has 0 aliphatic carbocycles. The van der Waals surface area contributed by atoms with Crippen molar-refractivity contribution in [2.45, 2.75) is 26.7 Å². The summed E-state index contributed by atoms with van der Waals surface area (Å²) < 4.78 is 0. The standard InChI is InChI=1S/C6H12O2/c1-3-5(2)4-6(7)8/h5H,3-4H2,1-2H3,(H,7,8)/p-1/t5-/m0/s1. The lowest BCUT2D eigenvalue weighted by Crippen LogP contribution is -2.24. The molecule has 2 nitrogen and oxygen atoms in total. The van der Waals surface area contributed by atoms with Gasteiger partial charge in [-0.2, -0.15) is 0 Å². The summed E-state index contributed by atoms with van der Waals surface area (Å²) in [6.45, 7) is 3.86. The second-order valence-electron chi connectivity index (χ2n) is 2.09. The largest absolute Gasteiger partial charge is 0.550 e. The molecule has 0 fully saturated rings. The summed E-state index contributed by atoms with van der Waals surface area (Å²) in [7, 11) is 0. The fourth-order valence-electron chi connectivity index (χ4n) is 0.429. The van der Waals surface area contributed by atoms with E-state index in [0.717, 1.165) is 6.42 Å². The van der Waals surface area contributed by atoms with E-state index >= 15 is 0 Å². The van der Waals surface area contributed by atoms with E-state index in [4.69, 9.17) is 0 Å². The number of rotatable bonds is 3. The molecule has 0 aliphatic heterocycles. The predicted molar refractivity (Wildman–Crippen MR) is 29.1 cm³/mol. The summed E-state index contributed by atoms with van der Waals surface area (Å²) in [6, 6.07) is 0. The maximum atomic E-state index is 9.86. The molecule has 0 aromatic heterocycles. The number of carboxylic acid groups (broad SMARTS) is 1. The molecule has 0 aromatic carbocycles. The van der Waals surface area contributed by atoms with Crippen molar-refractivity contribution in [3.05, 3.63) is 0 Å². The Bertz CT molecular complexity index is 78.6. The first-order valence-electron chi connectivity index (χ1n) is 2.86. The van der Waals surface area contributed by atoms with Crippen LogP contribution in [0, 0.1) is 5.92 Å². The predicted octanol–water partition coefficient (Wildman–Crippen LogP) is 0.172. The quantitative estimate of drug-likeness (QED) is 0.526. The molecule has 0 unspecified atom stereocenters. The van der Waals surface area contributed by atoms with Crippen molar-refractivity contribution < 1.29 is 9.90 Å². The van der Waals surface area contributed by atoms with Crippen molar-refractivity contribution in [3.8, 4) is 0 Å². The van der Waals surface area contributed by atoms with Crippen molar-refractivity contribution in [1.82, 2.24) is 0 Å². The van der Waals surface area contributed by atoms with Crippen LogP contribution in [0.5, 0.6) is 0 Å². The minimum absolute atomic E-state index is 0.191. The van der Waals surface area contributed by atoms with Gasteiger partial charge in [0.1, 0.15) is 0 Å². The van der Waals surface area contributed by atoms with Crippen LogP contribution in [0.4, 0.5) is 0 Å². The van der Waals surface area contributed by atoms with Gasteiger partial charge in [-0.1, -0.05) is 20.3 Å². The minimum atomic E-state index is -0.945. The second kappa shape index (κ2) is 3.47. The molecule has 2 heteroatoms. The Hall–Kier alpha value is -0.530. The summed E-state index contributed by atoms with van der Waals surface area (Å²) in [5.41, 5.74) is 0. The van der Waals surface area contributed by atoms with Crippen molar-refractivity contribution in [2.24, 2.45) is 5.92 Å². The van der Waals surface area contributed by atoms with E-state index in [-0.39, 0.29) is 12.3 Å². The van der Waals surface area contributed by atoms with Gasteiger partial charge in [0.25, 0.3) is 0 Å². The Labute approximate surface area is 49.5 Å². The van der Waals surface area contributed by atoms with Gasteiger partial charge in [0.15, 0.2) is 0 Å².